The molecule has 0 aliphatic carbocycles. The topological polar surface area (TPSA) is 38.0 Å². The Balaban J connectivity index is 2.70. The van der Waals surface area contributed by atoms with E-state index in [1.807, 2.05) is 30.0 Å². The summed E-state index contributed by atoms with van der Waals surface area (Å²) in [6.07, 6.45) is 2.10. The van der Waals surface area contributed by atoms with E-state index in [2.05, 4.69) is 34.4 Å². The lowest BCUT2D eigenvalue weighted by atomic mass is 10.2. The Morgan fingerprint density at radius 2 is 2.29 bits per heavy atom. The lowest BCUT2D eigenvalue weighted by molar-refractivity contribution is 0.915. The molecular weight excluding hydrogens is 260 g/mol. The van der Waals surface area contributed by atoms with E-state index in [1.54, 1.807) is 0 Å². The van der Waals surface area contributed by atoms with Gasteiger partial charge in [-0.05, 0) is 31.4 Å². The number of nitrogen functional groups attached to an aromatic ring is 1. The van der Waals surface area contributed by atoms with E-state index in [1.165, 1.54) is 0 Å². The Morgan fingerprint density at radius 3 is 2.93 bits per heavy atom. The van der Waals surface area contributed by atoms with Crippen LogP contribution >= 0.6 is 27.7 Å². The monoisotopic (exact) mass is 274 g/mol. The Morgan fingerprint density at radius 1 is 1.57 bits per heavy atom. The minimum atomic E-state index is 0.432. The number of anilines is 2. The molecular formula is C10H15BrN2S. The van der Waals surface area contributed by atoms with Gasteiger partial charge in [0.2, 0.25) is 0 Å². The van der Waals surface area contributed by atoms with Gasteiger partial charge in [-0.1, -0.05) is 15.9 Å². The average Bonchev–Trinajstić information content (AvgIpc) is 2.12. The summed E-state index contributed by atoms with van der Waals surface area (Å²) in [5, 5.41) is 3.38. The fraction of sp³-hybridized carbons (Fsp3) is 0.400. The van der Waals surface area contributed by atoms with E-state index in [0.717, 1.165) is 21.6 Å². The molecule has 0 saturated carbocycles. The van der Waals surface area contributed by atoms with Crippen molar-refractivity contribution in [2.24, 2.45) is 0 Å². The molecule has 4 heteroatoms. The van der Waals surface area contributed by atoms with Gasteiger partial charge in [-0.25, -0.2) is 0 Å². The van der Waals surface area contributed by atoms with Crippen molar-refractivity contribution < 1.29 is 0 Å². The molecule has 0 aliphatic heterocycles. The van der Waals surface area contributed by atoms with Gasteiger partial charge in [-0.2, -0.15) is 11.8 Å². The highest BCUT2D eigenvalue weighted by Gasteiger charge is 2.04. The van der Waals surface area contributed by atoms with Crippen LogP contribution in [0.5, 0.6) is 0 Å². The summed E-state index contributed by atoms with van der Waals surface area (Å²) in [4.78, 5) is 0. The van der Waals surface area contributed by atoms with Crippen molar-refractivity contribution in [2.45, 2.75) is 13.0 Å². The number of thioether (sulfide) groups is 1. The maximum atomic E-state index is 5.84. The number of rotatable bonds is 4. The lowest BCUT2D eigenvalue weighted by Crippen LogP contribution is -2.18. The van der Waals surface area contributed by atoms with Gasteiger partial charge in [0.25, 0.3) is 0 Å². The number of nitrogens with two attached hydrogens (primary N) is 1. The summed E-state index contributed by atoms with van der Waals surface area (Å²) in [6, 6.07) is 6.28. The maximum absolute atomic E-state index is 5.84. The highest BCUT2D eigenvalue weighted by Crippen LogP contribution is 2.24. The van der Waals surface area contributed by atoms with Crippen molar-refractivity contribution in [3.05, 3.63) is 22.7 Å². The number of halogens is 1. The van der Waals surface area contributed by atoms with Crippen LogP contribution in [-0.2, 0) is 0 Å². The van der Waals surface area contributed by atoms with Crippen LogP contribution in [0.2, 0.25) is 0 Å². The Hall–Kier alpha value is -0.350. The van der Waals surface area contributed by atoms with Gasteiger partial charge >= 0.3 is 0 Å². The van der Waals surface area contributed by atoms with E-state index in [9.17, 15) is 0 Å². The van der Waals surface area contributed by atoms with E-state index in [4.69, 9.17) is 5.73 Å². The van der Waals surface area contributed by atoms with Crippen LogP contribution in [-0.4, -0.2) is 18.1 Å². The molecule has 1 rings (SSSR count). The van der Waals surface area contributed by atoms with Crippen molar-refractivity contribution in [1.29, 1.82) is 0 Å². The molecule has 0 bridgehead atoms. The first-order valence-electron chi connectivity index (χ1n) is 4.44. The minimum absolute atomic E-state index is 0.432. The van der Waals surface area contributed by atoms with Crippen molar-refractivity contribution >= 4 is 39.1 Å². The van der Waals surface area contributed by atoms with E-state index in [0.29, 0.717) is 6.04 Å². The second kappa shape index (κ2) is 5.51. The summed E-state index contributed by atoms with van der Waals surface area (Å²) < 4.78 is 1.05. The molecule has 1 unspecified atom stereocenters. The van der Waals surface area contributed by atoms with Crippen molar-refractivity contribution in [3.63, 3.8) is 0 Å². The van der Waals surface area contributed by atoms with Crippen LogP contribution in [0.25, 0.3) is 0 Å². The van der Waals surface area contributed by atoms with E-state index >= 15 is 0 Å². The predicted molar refractivity (Wildman–Crippen MR) is 70.0 cm³/mol. The van der Waals surface area contributed by atoms with Gasteiger partial charge in [-0.15, -0.1) is 0 Å². The number of nitrogens with one attached hydrogen (secondary N) is 1. The fourth-order valence-electron chi connectivity index (χ4n) is 1.21. The normalized spacial score (nSPS) is 12.5. The Kier molecular flexibility index (Phi) is 4.62. The van der Waals surface area contributed by atoms with Crippen LogP contribution < -0.4 is 11.1 Å². The number of hydrogen-bond donors (Lipinski definition) is 2. The number of benzene rings is 1. The molecule has 0 spiro atoms. The van der Waals surface area contributed by atoms with Crippen LogP contribution in [0.4, 0.5) is 11.4 Å². The van der Waals surface area contributed by atoms with Gasteiger partial charge in [0.1, 0.15) is 0 Å². The summed E-state index contributed by atoms with van der Waals surface area (Å²) in [5.41, 5.74) is 7.64. The first-order valence-corrected chi connectivity index (χ1v) is 6.62. The van der Waals surface area contributed by atoms with Gasteiger partial charge in [0.15, 0.2) is 0 Å². The third-order valence-corrected chi connectivity index (χ3v) is 3.16. The molecule has 1 atom stereocenters. The molecule has 1 aromatic rings. The van der Waals surface area contributed by atoms with Gasteiger partial charge < -0.3 is 11.1 Å². The first-order chi connectivity index (χ1) is 6.63. The molecule has 2 nitrogen and oxygen atoms in total. The van der Waals surface area contributed by atoms with Crippen molar-refractivity contribution in [2.75, 3.05) is 23.1 Å². The minimum Gasteiger partial charge on any atom is -0.397 e. The zero-order valence-electron chi connectivity index (χ0n) is 8.38. The van der Waals surface area contributed by atoms with Crippen LogP contribution in [0, 0.1) is 0 Å². The molecule has 0 fully saturated rings. The molecule has 0 heterocycles. The van der Waals surface area contributed by atoms with Crippen LogP contribution in [0.1, 0.15) is 6.92 Å². The van der Waals surface area contributed by atoms with Crippen molar-refractivity contribution in [3.8, 4) is 0 Å². The fourth-order valence-corrected chi connectivity index (χ4v) is 2.16. The molecule has 3 N–H and O–H groups in total. The molecule has 0 amide bonds. The van der Waals surface area contributed by atoms with E-state index < -0.39 is 0 Å². The largest absolute Gasteiger partial charge is 0.397 e. The van der Waals surface area contributed by atoms with Crippen molar-refractivity contribution in [1.82, 2.24) is 0 Å². The molecule has 0 radical (unpaired) electrons. The maximum Gasteiger partial charge on any atom is 0.0587 e. The molecule has 14 heavy (non-hydrogen) atoms. The Labute approximate surface area is 97.8 Å². The highest BCUT2D eigenvalue weighted by molar-refractivity contribution is 9.10. The van der Waals surface area contributed by atoms with Crippen LogP contribution in [0.3, 0.4) is 0 Å². The first kappa shape index (κ1) is 11.7. The predicted octanol–water partition coefficient (Wildman–Crippen LogP) is 3.19. The van der Waals surface area contributed by atoms with Gasteiger partial charge in [0, 0.05) is 16.3 Å². The molecule has 0 aliphatic rings. The van der Waals surface area contributed by atoms with E-state index in [-0.39, 0.29) is 0 Å². The second-order valence-corrected chi connectivity index (χ2v) is 5.06. The zero-order valence-corrected chi connectivity index (χ0v) is 10.8. The summed E-state index contributed by atoms with van der Waals surface area (Å²) in [6.45, 7) is 2.15. The number of hydrogen-bond acceptors (Lipinski definition) is 3. The summed E-state index contributed by atoms with van der Waals surface area (Å²) in [7, 11) is 0. The SMILES string of the molecule is CSCC(C)Nc1cc(Br)ccc1N. The summed E-state index contributed by atoms with van der Waals surface area (Å²) in [5.74, 6) is 1.08. The lowest BCUT2D eigenvalue weighted by Gasteiger charge is -2.15. The highest BCUT2D eigenvalue weighted by atomic mass is 79.9. The Bertz CT molecular complexity index is 304. The molecule has 78 valence electrons. The third-order valence-electron chi connectivity index (χ3n) is 1.83. The summed E-state index contributed by atoms with van der Waals surface area (Å²) >= 11 is 5.25. The molecule has 0 saturated heterocycles. The molecule has 1 aromatic carbocycles. The second-order valence-electron chi connectivity index (χ2n) is 3.23. The molecule has 0 aromatic heterocycles. The average molecular weight is 275 g/mol. The zero-order chi connectivity index (χ0) is 10.6. The van der Waals surface area contributed by atoms with Gasteiger partial charge in [0.05, 0.1) is 11.4 Å². The quantitative estimate of drug-likeness (QED) is 0.829. The standard InChI is InChI=1S/C10H15BrN2S/c1-7(6-14-2)13-10-5-8(11)3-4-9(10)12/h3-5,7,13H,6,12H2,1-2H3. The third kappa shape index (κ3) is 3.42. The van der Waals surface area contributed by atoms with Crippen LogP contribution in [0.15, 0.2) is 22.7 Å². The smallest absolute Gasteiger partial charge is 0.0587 e. The van der Waals surface area contributed by atoms with Gasteiger partial charge in [-0.3, -0.25) is 0 Å².